The summed E-state index contributed by atoms with van der Waals surface area (Å²) in [5.74, 6) is 0.868. The van der Waals surface area contributed by atoms with Crippen molar-refractivity contribution in [1.29, 1.82) is 0 Å². The molecule has 0 aromatic heterocycles. The molecule has 140 valence electrons. The first-order chi connectivity index (χ1) is 11.7. The van der Waals surface area contributed by atoms with Gasteiger partial charge < -0.3 is 9.64 Å². The third kappa shape index (κ3) is 9.96. The van der Waals surface area contributed by atoms with E-state index < -0.39 is 5.60 Å². The number of carbonyl (C=O) groups is 1. The Kier molecular flexibility index (Phi) is 8.74. The van der Waals surface area contributed by atoms with E-state index in [0.717, 1.165) is 19.3 Å². The van der Waals surface area contributed by atoms with Crippen molar-refractivity contribution in [3.63, 3.8) is 0 Å². The van der Waals surface area contributed by atoms with Crippen LogP contribution < -0.4 is 0 Å². The Morgan fingerprint density at radius 1 is 1.16 bits per heavy atom. The minimum atomic E-state index is -0.456. The number of hydrogen-bond donors (Lipinski definition) is 0. The summed E-state index contributed by atoms with van der Waals surface area (Å²) in [5, 5.41) is 0. The lowest BCUT2D eigenvalue weighted by Gasteiger charge is -2.27. The van der Waals surface area contributed by atoms with Gasteiger partial charge in [0.05, 0.1) is 0 Å². The first-order valence-electron chi connectivity index (χ1n) is 9.33. The molecule has 1 atom stereocenters. The topological polar surface area (TPSA) is 29.5 Å². The van der Waals surface area contributed by atoms with Crippen LogP contribution in [0.3, 0.4) is 0 Å². The average Bonchev–Trinajstić information content (AvgIpc) is 2.51. The Hall–Kier alpha value is -1.77. The SMILES string of the molecule is CC(C)/C=C/[C@@H](CCCc1ccccc1)CN(C)C(=O)OC(C)(C)C. The third-order valence-corrected chi connectivity index (χ3v) is 3.86. The number of hydrogen-bond acceptors (Lipinski definition) is 2. The fourth-order valence-corrected chi connectivity index (χ4v) is 2.61. The molecule has 1 aromatic rings. The van der Waals surface area contributed by atoms with E-state index in [1.807, 2.05) is 33.9 Å². The van der Waals surface area contributed by atoms with Crippen LogP contribution in [0.15, 0.2) is 42.5 Å². The Bertz CT molecular complexity index is 529. The van der Waals surface area contributed by atoms with Crippen LogP contribution in [0, 0.1) is 11.8 Å². The van der Waals surface area contributed by atoms with Gasteiger partial charge in [-0.05, 0) is 57.4 Å². The zero-order valence-electron chi connectivity index (χ0n) is 16.8. The lowest BCUT2D eigenvalue weighted by atomic mass is 9.97. The maximum Gasteiger partial charge on any atom is 0.410 e. The van der Waals surface area contributed by atoms with Gasteiger partial charge in [0.25, 0.3) is 0 Å². The highest BCUT2D eigenvalue weighted by Gasteiger charge is 2.21. The maximum atomic E-state index is 12.2. The van der Waals surface area contributed by atoms with Crippen LogP contribution in [0.25, 0.3) is 0 Å². The van der Waals surface area contributed by atoms with Crippen LogP contribution in [-0.2, 0) is 11.2 Å². The summed E-state index contributed by atoms with van der Waals surface area (Å²) in [4.78, 5) is 13.9. The van der Waals surface area contributed by atoms with E-state index in [9.17, 15) is 4.79 Å². The molecule has 0 aliphatic carbocycles. The molecule has 0 N–H and O–H groups in total. The van der Waals surface area contributed by atoms with E-state index in [0.29, 0.717) is 18.4 Å². The van der Waals surface area contributed by atoms with Gasteiger partial charge in [0, 0.05) is 13.6 Å². The zero-order valence-corrected chi connectivity index (χ0v) is 16.8. The molecule has 0 saturated heterocycles. The molecule has 0 unspecified atom stereocenters. The third-order valence-electron chi connectivity index (χ3n) is 3.86. The van der Waals surface area contributed by atoms with Gasteiger partial charge in [-0.15, -0.1) is 0 Å². The Labute approximate surface area is 154 Å². The van der Waals surface area contributed by atoms with Gasteiger partial charge >= 0.3 is 6.09 Å². The van der Waals surface area contributed by atoms with Crippen LogP contribution >= 0.6 is 0 Å². The molecule has 0 bridgehead atoms. The van der Waals surface area contributed by atoms with E-state index >= 15 is 0 Å². The average molecular weight is 346 g/mol. The highest BCUT2D eigenvalue weighted by molar-refractivity contribution is 5.67. The molecule has 3 nitrogen and oxygen atoms in total. The van der Waals surface area contributed by atoms with Gasteiger partial charge in [-0.3, -0.25) is 0 Å². The maximum absolute atomic E-state index is 12.2. The normalized spacial score (nSPS) is 13.2. The highest BCUT2D eigenvalue weighted by atomic mass is 16.6. The predicted octanol–water partition coefficient (Wildman–Crippen LogP) is 5.70. The van der Waals surface area contributed by atoms with Crippen molar-refractivity contribution in [3.05, 3.63) is 48.0 Å². The molecule has 0 radical (unpaired) electrons. The first-order valence-corrected chi connectivity index (χ1v) is 9.33. The molecule has 1 amide bonds. The predicted molar refractivity (Wildman–Crippen MR) is 106 cm³/mol. The number of allylic oxidation sites excluding steroid dienone is 1. The smallest absolute Gasteiger partial charge is 0.410 e. The van der Waals surface area contributed by atoms with Crippen LogP contribution in [0.5, 0.6) is 0 Å². The fourth-order valence-electron chi connectivity index (χ4n) is 2.61. The Morgan fingerprint density at radius 2 is 1.80 bits per heavy atom. The second-order valence-electron chi connectivity index (χ2n) is 8.13. The van der Waals surface area contributed by atoms with Crippen molar-refractivity contribution in [2.45, 2.75) is 59.5 Å². The molecule has 0 spiro atoms. The number of benzene rings is 1. The summed E-state index contributed by atoms with van der Waals surface area (Å²) in [6, 6.07) is 10.6. The molecule has 1 aromatic carbocycles. The van der Waals surface area contributed by atoms with Crippen LogP contribution in [-0.4, -0.2) is 30.2 Å². The van der Waals surface area contributed by atoms with E-state index in [-0.39, 0.29) is 6.09 Å². The van der Waals surface area contributed by atoms with E-state index in [2.05, 4.69) is 50.3 Å². The molecule has 3 heteroatoms. The monoisotopic (exact) mass is 345 g/mol. The van der Waals surface area contributed by atoms with E-state index in [1.165, 1.54) is 5.56 Å². The highest BCUT2D eigenvalue weighted by Crippen LogP contribution is 2.16. The Balaban J connectivity index is 2.58. The van der Waals surface area contributed by atoms with Crippen LogP contribution in [0.1, 0.15) is 53.0 Å². The van der Waals surface area contributed by atoms with Gasteiger partial charge in [-0.2, -0.15) is 0 Å². The van der Waals surface area contributed by atoms with E-state index in [4.69, 9.17) is 4.74 Å². The number of nitrogens with zero attached hydrogens (tertiary/aromatic N) is 1. The Morgan fingerprint density at radius 3 is 2.36 bits per heavy atom. The molecule has 0 heterocycles. The lowest BCUT2D eigenvalue weighted by Crippen LogP contribution is -2.36. The second kappa shape index (κ2) is 10.3. The molecule has 0 aliphatic heterocycles. The van der Waals surface area contributed by atoms with Gasteiger partial charge in [0.2, 0.25) is 0 Å². The quantitative estimate of drug-likeness (QED) is 0.565. The summed E-state index contributed by atoms with van der Waals surface area (Å²) >= 11 is 0. The van der Waals surface area contributed by atoms with Gasteiger partial charge in [0.1, 0.15) is 5.60 Å². The molecule has 0 aliphatic rings. The number of rotatable bonds is 8. The molecular formula is C22H35NO2. The standard InChI is InChI=1S/C22H35NO2/c1-18(2)15-16-20(14-10-13-19-11-8-7-9-12-19)17-23(6)21(24)25-22(3,4)5/h7-9,11-12,15-16,18,20H,10,13-14,17H2,1-6H3/b16-15+/t20-/m1/s1. The largest absolute Gasteiger partial charge is 0.444 e. The molecular weight excluding hydrogens is 310 g/mol. The summed E-state index contributed by atoms with van der Waals surface area (Å²) in [5.41, 5.74) is 0.914. The van der Waals surface area contributed by atoms with E-state index in [1.54, 1.807) is 4.90 Å². The number of ether oxygens (including phenoxy) is 1. The summed E-state index contributed by atoms with van der Waals surface area (Å²) in [6.07, 6.45) is 7.48. The van der Waals surface area contributed by atoms with Crippen molar-refractivity contribution in [1.82, 2.24) is 4.90 Å². The fraction of sp³-hybridized carbons (Fsp3) is 0.591. The summed E-state index contributed by atoms with van der Waals surface area (Å²) in [6.45, 7) is 10.7. The zero-order chi connectivity index (χ0) is 18.9. The molecule has 1 rings (SSSR count). The van der Waals surface area contributed by atoms with Crippen molar-refractivity contribution in [3.8, 4) is 0 Å². The van der Waals surface area contributed by atoms with Gasteiger partial charge in [-0.25, -0.2) is 4.79 Å². The molecule has 0 saturated carbocycles. The molecule has 0 fully saturated rings. The van der Waals surface area contributed by atoms with Crippen molar-refractivity contribution in [2.75, 3.05) is 13.6 Å². The summed E-state index contributed by atoms with van der Waals surface area (Å²) < 4.78 is 5.46. The van der Waals surface area contributed by atoms with Crippen molar-refractivity contribution < 1.29 is 9.53 Å². The number of aryl methyl sites for hydroxylation is 1. The van der Waals surface area contributed by atoms with Crippen LogP contribution in [0.4, 0.5) is 4.79 Å². The van der Waals surface area contributed by atoms with Gasteiger partial charge in [-0.1, -0.05) is 56.3 Å². The number of carbonyl (C=O) groups excluding carboxylic acids is 1. The minimum absolute atomic E-state index is 0.251. The lowest BCUT2D eigenvalue weighted by molar-refractivity contribution is 0.0281. The summed E-state index contributed by atoms with van der Waals surface area (Å²) in [7, 11) is 1.82. The van der Waals surface area contributed by atoms with Crippen molar-refractivity contribution >= 4 is 6.09 Å². The van der Waals surface area contributed by atoms with Crippen LogP contribution in [0.2, 0.25) is 0 Å². The minimum Gasteiger partial charge on any atom is -0.444 e. The molecule has 25 heavy (non-hydrogen) atoms. The van der Waals surface area contributed by atoms with Crippen molar-refractivity contribution in [2.24, 2.45) is 11.8 Å². The van der Waals surface area contributed by atoms with Gasteiger partial charge in [0.15, 0.2) is 0 Å². The second-order valence-corrected chi connectivity index (χ2v) is 8.13. The first kappa shape index (κ1) is 21.3. The number of amides is 1.